The fourth-order valence-electron chi connectivity index (χ4n) is 1.19. The Morgan fingerprint density at radius 1 is 1.20 bits per heavy atom. The van der Waals surface area contributed by atoms with Gasteiger partial charge in [0.25, 0.3) is 0 Å². The second-order valence-electron chi connectivity index (χ2n) is 2.91. The predicted octanol–water partition coefficient (Wildman–Crippen LogP) is 3.62. The number of amides is 1. The van der Waals surface area contributed by atoms with E-state index >= 15 is 0 Å². The fraction of sp³-hybridized carbons (Fsp3) is 0.462. The molecule has 0 saturated heterocycles. The van der Waals surface area contributed by atoms with Crippen molar-refractivity contribution in [3.8, 4) is 0 Å². The summed E-state index contributed by atoms with van der Waals surface area (Å²) < 4.78 is 0. The summed E-state index contributed by atoms with van der Waals surface area (Å²) in [4.78, 5) is 11.1. The number of carbonyl (C=O) groups is 1. The van der Waals surface area contributed by atoms with Crippen molar-refractivity contribution in [3.05, 3.63) is 29.8 Å². The minimum Gasteiger partial charge on any atom is -0.326 e. The standard InChI is InChI=1S/C11H15NO.C2H6/c1-3-9-7-5-6-8-10(9)12-11(13)4-2;1-2/h5-8H,3-4H2,1-2H3,(H,12,13);1-2H3. The summed E-state index contributed by atoms with van der Waals surface area (Å²) in [5.41, 5.74) is 2.13. The zero-order chi connectivity index (χ0) is 11.7. The highest BCUT2D eigenvalue weighted by Gasteiger charge is 2.01. The fourth-order valence-corrected chi connectivity index (χ4v) is 1.19. The molecule has 2 nitrogen and oxygen atoms in total. The molecule has 84 valence electrons. The van der Waals surface area contributed by atoms with E-state index in [1.165, 1.54) is 5.56 Å². The zero-order valence-electron chi connectivity index (χ0n) is 10.1. The molecule has 0 saturated carbocycles. The Morgan fingerprint density at radius 3 is 2.33 bits per heavy atom. The molecule has 0 spiro atoms. The second-order valence-corrected chi connectivity index (χ2v) is 2.91. The molecule has 15 heavy (non-hydrogen) atoms. The molecule has 1 rings (SSSR count). The summed E-state index contributed by atoms with van der Waals surface area (Å²) in [7, 11) is 0. The molecule has 0 unspecified atom stereocenters. The van der Waals surface area contributed by atoms with Gasteiger partial charge in [-0.2, -0.15) is 0 Å². The van der Waals surface area contributed by atoms with Crippen LogP contribution in [-0.4, -0.2) is 5.91 Å². The van der Waals surface area contributed by atoms with Crippen molar-refractivity contribution in [2.24, 2.45) is 0 Å². The molecule has 1 aromatic rings. The monoisotopic (exact) mass is 207 g/mol. The maximum atomic E-state index is 11.1. The third kappa shape index (κ3) is 4.63. The van der Waals surface area contributed by atoms with Gasteiger partial charge in [-0.3, -0.25) is 4.79 Å². The van der Waals surface area contributed by atoms with E-state index < -0.39 is 0 Å². The molecule has 0 aliphatic heterocycles. The maximum Gasteiger partial charge on any atom is 0.224 e. The lowest BCUT2D eigenvalue weighted by Gasteiger charge is -2.07. The van der Waals surface area contributed by atoms with Crippen LogP contribution >= 0.6 is 0 Å². The smallest absolute Gasteiger partial charge is 0.224 e. The van der Waals surface area contributed by atoms with E-state index in [9.17, 15) is 4.79 Å². The van der Waals surface area contributed by atoms with Gasteiger partial charge in [-0.15, -0.1) is 0 Å². The van der Waals surface area contributed by atoms with Crippen molar-refractivity contribution in [1.82, 2.24) is 0 Å². The van der Waals surface area contributed by atoms with Crippen LogP contribution in [0.3, 0.4) is 0 Å². The van der Waals surface area contributed by atoms with Crippen LogP contribution in [0, 0.1) is 0 Å². The number of benzene rings is 1. The lowest BCUT2D eigenvalue weighted by molar-refractivity contribution is -0.115. The molecule has 0 heterocycles. The predicted molar refractivity (Wildman–Crippen MR) is 66.1 cm³/mol. The van der Waals surface area contributed by atoms with E-state index in [0.29, 0.717) is 6.42 Å². The number of para-hydroxylation sites is 1. The highest BCUT2D eigenvalue weighted by Crippen LogP contribution is 2.15. The Kier molecular flexibility index (Phi) is 7.33. The summed E-state index contributed by atoms with van der Waals surface area (Å²) in [6.07, 6.45) is 1.47. The third-order valence-corrected chi connectivity index (χ3v) is 1.99. The van der Waals surface area contributed by atoms with Crippen LogP contribution in [0.15, 0.2) is 24.3 Å². The number of nitrogens with one attached hydrogen (secondary N) is 1. The molecule has 1 N–H and O–H groups in total. The van der Waals surface area contributed by atoms with Gasteiger partial charge in [-0.25, -0.2) is 0 Å². The lowest BCUT2D eigenvalue weighted by atomic mass is 10.1. The van der Waals surface area contributed by atoms with Crippen LogP contribution in [0.1, 0.15) is 39.7 Å². The molecule has 1 amide bonds. The van der Waals surface area contributed by atoms with Gasteiger partial charge in [0.2, 0.25) is 5.91 Å². The number of carbonyl (C=O) groups excluding carboxylic acids is 1. The highest BCUT2D eigenvalue weighted by molar-refractivity contribution is 5.91. The first-order chi connectivity index (χ1) is 7.27. The third-order valence-electron chi connectivity index (χ3n) is 1.99. The van der Waals surface area contributed by atoms with Gasteiger partial charge in [0.1, 0.15) is 0 Å². The molecule has 2 heteroatoms. The minimum atomic E-state index is 0.0703. The van der Waals surface area contributed by atoms with Crippen LogP contribution in [0.2, 0.25) is 0 Å². The number of anilines is 1. The molecule has 0 fully saturated rings. The first-order valence-corrected chi connectivity index (χ1v) is 5.65. The van der Waals surface area contributed by atoms with Crippen molar-refractivity contribution in [1.29, 1.82) is 0 Å². The topological polar surface area (TPSA) is 29.1 Å². The van der Waals surface area contributed by atoms with Crippen molar-refractivity contribution in [2.45, 2.75) is 40.5 Å². The second kappa shape index (κ2) is 8.04. The minimum absolute atomic E-state index is 0.0703. The van der Waals surface area contributed by atoms with E-state index in [2.05, 4.69) is 12.2 Å². The quantitative estimate of drug-likeness (QED) is 0.805. The molecule has 0 aliphatic rings. The molecule has 0 radical (unpaired) electrons. The van der Waals surface area contributed by atoms with Gasteiger partial charge < -0.3 is 5.32 Å². The number of aryl methyl sites for hydroxylation is 1. The van der Waals surface area contributed by atoms with Crippen molar-refractivity contribution < 1.29 is 4.79 Å². The van der Waals surface area contributed by atoms with E-state index in [4.69, 9.17) is 0 Å². The van der Waals surface area contributed by atoms with Gasteiger partial charge in [0.15, 0.2) is 0 Å². The number of rotatable bonds is 3. The molecule has 0 aliphatic carbocycles. The van der Waals surface area contributed by atoms with Crippen molar-refractivity contribution >= 4 is 11.6 Å². The van der Waals surface area contributed by atoms with Crippen LogP contribution in [0.4, 0.5) is 5.69 Å². The molecule has 0 atom stereocenters. The van der Waals surface area contributed by atoms with Crippen molar-refractivity contribution in [2.75, 3.05) is 5.32 Å². The van der Waals surface area contributed by atoms with Gasteiger partial charge in [0.05, 0.1) is 0 Å². The van der Waals surface area contributed by atoms with Crippen LogP contribution in [-0.2, 0) is 11.2 Å². The summed E-state index contributed by atoms with van der Waals surface area (Å²) >= 11 is 0. The van der Waals surface area contributed by atoms with Crippen LogP contribution < -0.4 is 5.32 Å². The SMILES string of the molecule is CC.CCC(=O)Nc1ccccc1CC. The molecule has 1 aromatic carbocycles. The largest absolute Gasteiger partial charge is 0.326 e. The first kappa shape index (κ1) is 13.7. The maximum absolute atomic E-state index is 11.1. The summed E-state index contributed by atoms with van der Waals surface area (Å²) in [5.74, 6) is 0.0703. The molecule has 0 bridgehead atoms. The van der Waals surface area contributed by atoms with Gasteiger partial charge in [-0.1, -0.05) is 45.9 Å². The van der Waals surface area contributed by atoms with Crippen LogP contribution in [0.5, 0.6) is 0 Å². The summed E-state index contributed by atoms with van der Waals surface area (Å²) in [5, 5.41) is 2.87. The summed E-state index contributed by atoms with van der Waals surface area (Å²) in [6, 6.07) is 7.89. The number of hydrogen-bond acceptors (Lipinski definition) is 1. The lowest BCUT2D eigenvalue weighted by Crippen LogP contribution is -2.10. The van der Waals surface area contributed by atoms with E-state index in [1.807, 2.05) is 45.0 Å². The van der Waals surface area contributed by atoms with Gasteiger partial charge in [0, 0.05) is 12.1 Å². The average Bonchev–Trinajstić information content (AvgIpc) is 2.32. The van der Waals surface area contributed by atoms with Gasteiger partial charge >= 0.3 is 0 Å². The Balaban J connectivity index is 0.000000921. The van der Waals surface area contributed by atoms with E-state index in [-0.39, 0.29) is 5.91 Å². The average molecular weight is 207 g/mol. The first-order valence-electron chi connectivity index (χ1n) is 5.65. The Morgan fingerprint density at radius 2 is 1.80 bits per heavy atom. The van der Waals surface area contributed by atoms with Crippen LogP contribution in [0.25, 0.3) is 0 Å². The zero-order valence-corrected chi connectivity index (χ0v) is 10.1. The molecular formula is C13H21NO. The Bertz CT molecular complexity index is 294. The highest BCUT2D eigenvalue weighted by atomic mass is 16.1. The Hall–Kier alpha value is -1.31. The van der Waals surface area contributed by atoms with E-state index in [1.54, 1.807) is 0 Å². The summed E-state index contributed by atoms with van der Waals surface area (Å²) in [6.45, 7) is 7.93. The molecular weight excluding hydrogens is 186 g/mol. The van der Waals surface area contributed by atoms with E-state index in [0.717, 1.165) is 12.1 Å². The molecule has 0 aromatic heterocycles. The Labute approximate surface area is 92.7 Å². The van der Waals surface area contributed by atoms with Crippen molar-refractivity contribution in [3.63, 3.8) is 0 Å². The van der Waals surface area contributed by atoms with Gasteiger partial charge in [-0.05, 0) is 18.1 Å². The number of hydrogen-bond donors (Lipinski definition) is 1. The normalized spacial score (nSPS) is 8.80.